The van der Waals surface area contributed by atoms with Gasteiger partial charge in [-0.05, 0) is 0 Å². The molecule has 0 bridgehead atoms. The zero-order chi connectivity index (χ0) is 14.0. The van der Waals surface area contributed by atoms with Crippen LogP contribution in [0.5, 0.6) is 0 Å². The first-order valence-corrected chi connectivity index (χ1v) is 6.48. The van der Waals surface area contributed by atoms with Crippen LogP contribution in [0.3, 0.4) is 0 Å². The predicted molar refractivity (Wildman–Crippen MR) is 65.9 cm³/mol. The van der Waals surface area contributed by atoms with E-state index < -0.39 is 37.6 Å². The van der Waals surface area contributed by atoms with Crippen LogP contribution in [0.25, 0.3) is 0 Å². The summed E-state index contributed by atoms with van der Waals surface area (Å²) in [5, 5.41) is 52.2. The fraction of sp³-hybridized carbons (Fsp3) is 1.00. The molecule has 6 heteroatoms. The number of hydrogen-bond donors (Lipinski definition) is 6. The zero-order valence-corrected chi connectivity index (χ0v) is 10.6. The maximum absolute atomic E-state index is 8.96. The molecule has 1 aliphatic carbocycles. The van der Waals surface area contributed by atoms with Gasteiger partial charge in [0, 0.05) is 0 Å². The van der Waals surface area contributed by atoms with Crippen molar-refractivity contribution in [3.63, 3.8) is 0 Å². The standard InChI is InChI=1S/C6H14O6.C6H12/c7-1-3(9)5(11)6(12)4(10)2-8;1-2-4-6-5-3-1/h3-12H,1-2H2;1-6H2. The lowest BCUT2D eigenvalue weighted by Crippen LogP contribution is -2.46. The number of hydrogen-bond acceptors (Lipinski definition) is 6. The van der Waals surface area contributed by atoms with E-state index in [9.17, 15) is 0 Å². The summed E-state index contributed by atoms with van der Waals surface area (Å²) in [6.07, 6.45) is 2.61. The molecular formula is C12H26O6. The third-order valence-corrected chi connectivity index (χ3v) is 3.01. The summed E-state index contributed by atoms with van der Waals surface area (Å²) in [6, 6.07) is 0. The molecule has 1 fully saturated rings. The Balaban J connectivity index is 0.000000397. The van der Waals surface area contributed by atoms with Gasteiger partial charge >= 0.3 is 0 Å². The molecule has 1 rings (SSSR count). The molecule has 4 unspecified atom stereocenters. The van der Waals surface area contributed by atoms with Crippen LogP contribution in [-0.2, 0) is 0 Å². The molecule has 4 atom stereocenters. The van der Waals surface area contributed by atoms with Gasteiger partial charge < -0.3 is 30.6 Å². The molecule has 0 aromatic heterocycles. The Morgan fingerprint density at radius 1 is 0.556 bits per heavy atom. The summed E-state index contributed by atoms with van der Waals surface area (Å²) in [5.41, 5.74) is 0. The van der Waals surface area contributed by atoms with Crippen LogP contribution in [0.1, 0.15) is 38.5 Å². The van der Waals surface area contributed by atoms with Gasteiger partial charge in [-0.1, -0.05) is 38.5 Å². The Kier molecular flexibility index (Phi) is 10.5. The predicted octanol–water partition coefficient (Wildman–Crippen LogP) is -1.24. The van der Waals surface area contributed by atoms with E-state index in [1.54, 1.807) is 0 Å². The second-order valence-corrected chi connectivity index (χ2v) is 4.60. The average Bonchev–Trinajstić information content (AvgIpc) is 2.46. The van der Waals surface area contributed by atoms with Crippen LogP contribution in [0.4, 0.5) is 0 Å². The third kappa shape index (κ3) is 7.25. The highest BCUT2D eigenvalue weighted by Gasteiger charge is 2.29. The summed E-state index contributed by atoms with van der Waals surface area (Å²) < 4.78 is 0. The van der Waals surface area contributed by atoms with Gasteiger partial charge in [0.15, 0.2) is 0 Å². The lowest BCUT2D eigenvalue weighted by Gasteiger charge is -2.24. The van der Waals surface area contributed by atoms with Crippen molar-refractivity contribution in [2.24, 2.45) is 0 Å². The first-order valence-electron chi connectivity index (χ1n) is 6.48. The Morgan fingerprint density at radius 2 is 0.778 bits per heavy atom. The van der Waals surface area contributed by atoms with Gasteiger partial charge in [0.25, 0.3) is 0 Å². The van der Waals surface area contributed by atoms with Crippen LogP contribution in [0.2, 0.25) is 0 Å². The Hall–Kier alpha value is -0.240. The van der Waals surface area contributed by atoms with Crippen molar-refractivity contribution >= 4 is 0 Å². The SMILES string of the molecule is C1CCCCC1.OCC(O)C(O)C(O)C(O)CO. The Labute approximate surface area is 108 Å². The van der Waals surface area contributed by atoms with E-state index in [0.717, 1.165) is 0 Å². The van der Waals surface area contributed by atoms with Crippen LogP contribution in [-0.4, -0.2) is 68.3 Å². The maximum atomic E-state index is 8.96. The van der Waals surface area contributed by atoms with E-state index in [4.69, 9.17) is 30.6 Å². The second kappa shape index (κ2) is 10.7. The molecule has 0 saturated heterocycles. The van der Waals surface area contributed by atoms with Gasteiger partial charge in [-0.3, -0.25) is 0 Å². The molecule has 0 aromatic carbocycles. The molecule has 0 heterocycles. The first-order chi connectivity index (χ1) is 8.54. The minimum absolute atomic E-state index is 0.726. The van der Waals surface area contributed by atoms with Gasteiger partial charge in [0.2, 0.25) is 0 Å². The van der Waals surface area contributed by atoms with Crippen LogP contribution in [0.15, 0.2) is 0 Å². The summed E-state index contributed by atoms with van der Waals surface area (Å²) in [4.78, 5) is 0. The summed E-state index contributed by atoms with van der Waals surface area (Å²) in [6.45, 7) is -1.45. The first kappa shape index (κ1) is 17.8. The Morgan fingerprint density at radius 3 is 0.944 bits per heavy atom. The van der Waals surface area contributed by atoms with Gasteiger partial charge in [-0.25, -0.2) is 0 Å². The molecule has 0 aliphatic heterocycles. The largest absolute Gasteiger partial charge is 0.394 e. The summed E-state index contributed by atoms with van der Waals surface area (Å²) >= 11 is 0. The highest BCUT2D eigenvalue weighted by atomic mass is 16.4. The summed E-state index contributed by atoms with van der Waals surface area (Å²) in [5.74, 6) is 0. The smallest absolute Gasteiger partial charge is 0.111 e. The van der Waals surface area contributed by atoms with Crippen LogP contribution >= 0.6 is 0 Å². The van der Waals surface area contributed by atoms with Gasteiger partial charge in [-0.2, -0.15) is 0 Å². The van der Waals surface area contributed by atoms with E-state index in [2.05, 4.69) is 0 Å². The topological polar surface area (TPSA) is 121 Å². The molecule has 18 heavy (non-hydrogen) atoms. The van der Waals surface area contributed by atoms with E-state index in [0.29, 0.717) is 0 Å². The minimum atomic E-state index is -1.67. The molecule has 1 saturated carbocycles. The van der Waals surface area contributed by atoms with Crippen molar-refractivity contribution in [2.75, 3.05) is 13.2 Å². The van der Waals surface area contributed by atoms with E-state index >= 15 is 0 Å². The molecular weight excluding hydrogens is 240 g/mol. The molecule has 0 amide bonds. The molecule has 110 valence electrons. The normalized spacial score (nSPS) is 22.3. The van der Waals surface area contributed by atoms with Crippen molar-refractivity contribution in [3.8, 4) is 0 Å². The van der Waals surface area contributed by atoms with Gasteiger partial charge in [-0.15, -0.1) is 0 Å². The lowest BCUT2D eigenvalue weighted by atomic mass is 10.0. The Bertz CT molecular complexity index is 160. The highest BCUT2D eigenvalue weighted by Crippen LogP contribution is 2.15. The van der Waals surface area contributed by atoms with Crippen molar-refractivity contribution in [2.45, 2.75) is 62.9 Å². The van der Waals surface area contributed by atoms with Gasteiger partial charge in [0.1, 0.15) is 24.4 Å². The fourth-order valence-electron chi connectivity index (χ4n) is 1.73. The number of rotatable bonds is 5. The lowest BCUT2D eigenvalue weighted by molar-refractivity contribution is -0.123. The molecule has 0 spiro atoms. The van der Waals surface area contributed by atoms with Gasteiger partial charge in [0.05, 0.1) is 13.2 Å². The molecule has 6 N–H and O–H groups in total. The number of aliphatic hydroxyl groups is 6. The highest BCUT2D eigenvalue weighted by molar-refractivity contribution is 4.79. The van der Waals surface area contributed by atoms with Crippen LogP contribution < -0.4 is 0 Å². The summed E-state index contributed by atoms with van der Waals surface area (Å²) in [7, 11) is 0. The monoisotopic (exact) mass is 266 g/mol. The van der Waals surface area contributed by atoms with E-state index in [-0.39, 0.29) is 0 Å². The van der Waals surface area contributed by atoms with Crippen molar-refractivity contribution < 1.29 is 30.6 Å². The van der Waals surface area contributed by atoms with Crippen molar-refractivity contribution in [3.05, 3.63) is 0 Å². The zero-order valence-electron chi connectivity index (χ0n) is 10.6. The average molecular weight is 266 g/mol. The van der Waals surface area contributed by atoms with E-state index in [1.807, 2.05) is 0 Å². The van der Waals surface area contributed by atoms with Crippen molar-refractivity contribution in [1.82, 2.24) is 0 Å². The second-order valence-electron chi connectivity index (χ2n) is 4.60. The molecule has 0 aromatic rings. The molecule has 6 nitrogen and oxygen atoms in total. The molecule has 0 radical (unpaired) electrons. The minimum Gasteiger partial charge on any atom is -0.394 e. The number of aliphatic hydroxyl groups excluding tert-OH is 6. The molecule has 1 aliphatic rings. The van der Waals surface area contributed by atoms with Crippen LogP contribution in [0, 0.1) is 0 Å². The van der Waals surface area contributed by atoms with E-state index in [1.165, 1.54) is 38.5 Å². The maximum Gasteiger partial charge on any atom is 0.111 e. The fourth-order valence-corrected chi connectivity index (χ4v) is 1.73. The van der Waals surface area contributed by atoms with Crippen molar-refractivity contribution in [1.29, 1.82) is 0 Å². The third-order valence-electron chi connectivity index (χ3n) is 3.01. The quantitative estimate of drug-likeness (QED) is 0.370.